The first kappa shape index (κ1) is 13.2. The van der Waals surface area contributed by atoms with Gasteiger partial charge < -0.3 is 14.4 Å². The molecule has 0 fully saturated rings. The lowest BCUT2D eigenvalue weighted by Gasteiger charge is -2.33. The highest BCUT2D eigenvalue weighted by atomic mass is 16.6. The maximum atomic E-state index is 11.9. The second kappa shape index (κ2) is 4.54. The van der Waals surface area contributed by atoms with E-state index in [4.69, 9.17) is 9.52 Å². The smallest absolute Gasteiger partial charge is 0.395 e. The zero-order valence-electron chi connectivity index (χ0n) is 9.84. The average Bonchev–Trinajstić information content (AvgIpc) is 2.76. The molecule has 0 saturated carbocycles. The largest absolute Gasteiger partial charge is 0.433 e. The van der Waals surface area contributed by atoms with E-state index in [1.165, 1.54) is 18.0 Å². The number of carbonyl (C=O) groups is 1. The maximum Gasteiger partial charge on any atom is 0.433 e. The summed E-state index contributed by atoms with van der Waals surface area (Å²) in [6.07, 6.45) is 0. The summed E-state index contributed by atoms with van der Waals surface area (Å²) in [5.74, 6) is -1.12. The summed E-state index contributed by atoms with van der Waals surface area (Å²) < 4.78 is 4.80. The summed E-state index contributed by atoms with van der Waals surface area (Å²) in [6, 6.07) is 2.36. The Morgan fingerprint density at radius 2 is 2.18 bits per heavy atom. The summed E-state index contributed by atoms with van der Waals surface area (Å²) in [5, 5.41) is 19.5. The molecule has 1 aromatic rings. The molecule has 0 aliphatic heterocycles. The van der Waals surface area contributed by atoms with Gasteiger partial charge in [-0.05, 0) is 19.9 Å². The van der Waals surface area contributed by atoms with Gasteiger partial charge in [0.1, 0.15) is 4.92 Å². The molecular weight excluding hydrogens is 228 g/mol. The molecule has 0 saturated heterocycles. The molecule has 1 amide bonds. The minimum absolute atomic E-state index is 0.124. The number of nitrogens with zero attached hydrogens (tertiary/aromatic N) is 2. The molecule has 0 aliphatic carbocycles. The molecule has 0 aromatic carbocycles. The van der Waals surface area contributed by atoms with Gasteiger partial charge in [-0.3, -0.25) is 14.9 Å². The van der Waals surface area contributed by atoms with Crippen LogP contribution in [0.5, 0.6) is 0 Å². The van der Waals surface area contributed by atoms with Crippen molar-refractivity contribution in [1.29, 1.82) is 0 Å². The molecule has 7 heteroatoms. The Morgan fingerprint density at radius 3 is 2.59 bits per heavy atom. The molecular formula is C10H14N2O5. The molecule has 1 aromatic heterocycles. The van der Waals surface area contributed by atoms with Gasteiger partial charge in [0.05, 0.1) is 18.2 Å². The molecule has 0 bridgehead atoms. The normalized spacial score (nSPS) is 11.3. The van der Waals surface area contributed by atoms with E-state index in [1.807, 2.05) is 0 Å². The second-order valence-corrected chi connectivity index (χ2v) is 4.23. The van der Waals surface area contributed by atoms with E-state index < -0.39 is 22.3 Å². The van der Waals surface area contributed by atoms with Crippen LogP contribution < -0.4 is 0 Å². The van der Waals surface area contributed by atoms with Crippen LogP contribution in [-0.2, 0) is 0 Å². The van der Waals surface area contributed by atoms with Crippen LogP contribution in [-0.4, -0.2) is 40.0 Å². The van der Waals surface area contributed by atoms with Gasteiger partial charge >= 0.3 is 5.88 Å². The zero-order chi connectivity index (χ0) is 13.2. The fourth-order valence-electron chi connectivity index (χ4n) is 1.09. The Bertz CT molecular complexity index is 438. The third-order valence-electron chi connectivity index (χ3n) is 2.58. The summed E-state index contributed by atoms with van der Waals surface area (Å²) in [4.78, 5) is 22.9. The van der Waals surface area contributed by atoms with Crippen LogP contribution >= 0.6 is 0 Å². The van der Waals surface area contributed by atoms with Crippen molar-refractivity contribution < 1.29 is 19.2 Å². The van der Waals surface area contributed by atoms with Crippen molar-refractivity contribution in [3.8, 4) is 0 Å². The number of amides is 1. The minimum atomic E-state index is -0.765. The highest BCUT2D eigenvalue weighted by Gasteiger charge is 2.30. The molecule has 0 atom stereocenters. The van der Waals surface area contributed by atoms with Gasteiger partial charge in [-0.2, -0.15) is 0 Å². The number of hydrogen-bond donors (Lipinski definition) is 1. The van der Waals surface area contributed by atoms with Crippen molar-refractivity contribution in [2.75, 3.05) is 13.7 Å². The predicted octanol–water partition coefficient (Wildman–Crippen LogP) is 1.03. The number of nitro groups is 1. The molecule has 1 rings (SSSR count). The Morgan fingerprint density at radius 1 is 1.59 bits per heavy atom. The van der Waals surface area contributed by atoms with Gasteiger partial charge in [0.25, 0.3) is 5.91 Å². The van der Waals surface area contributed by atoms with Crippen LogP contribution in [0, 0.1) is 10.1 Å². The number of aliphatic hydroxyl groups is 1. The monoisotopic (exact) mass is 242 g/mol. The van der Waals surface area contributed by atoms with Gasteiger partial charge in [0, 0.05) is 7.05 Å². The van der Waals surface area contributed by atoms with Crippen LogP contribution in [0.1, 0.15) is 24.4 Å². The molecule has 17 heavy (non-hydrogen) atoms. The third kappa shape index (κ3) is 2.62. The summed E-state index contributed by atoms with van der Waals surface area (Å²) >= 11 is 0. The van der Waals surface area contributed by atoms with Crippen LogP contribution in [0.2, 0.25) is 0 Å². The third-order valence-corrected chi connectivity index (χ3v) is 2.58. The minimum Gasteiger partial charge on any atom is -0.395 e. The van der Waals surface area contributed by atoms with Crippen LogP contribution in [0.15, 0.2) is 16.5 Å². The molecule has 1 heterocycles. The maximum absolute atomic E-state index is 11.9. The van der Waals surface area contributed by atoms with Gasteiger partial charge in [-0.25, -0.2) is 0 Å². The molecule has 0 aliphatic rings. The topological polar surface area (TPSA) is 96.8 Å². The van der Waals surface area contributed by atoms with Crippen LogP contribution in [0.3, 0.4) is 0 Å². The van der Waals surface area contributed by atoms with E-state index in [2.05, 4.69) is 0 Å². The van der Waals surface area contributed by atoms with Gasteiger partial charge in [0.15, 0.2) is 5.76 Å². The van der Waals surface area contributed by atoms with E-state index in [9.17, 15) is 14.9 Å². The van der Waals surface area contributed by atoms with Gasteiger partial charge in [-0.15, -0.1) is 0 Å². The second-order valence-electron chi connectivity index (χ2n) is 4.23. The molecule has 0 unspecified atom stereocenters. The number of aliphatic hydroxyl groups excluding tert-OH is 1. The first-order valence-corrected chi connectivity index (χ1v) is 4.93. The molecule has 94 valence electrons. The lowest BCUT2D eigenvalue weighted by molar-refractivity contribution is -0.402. The van der Waals surface area contributed by atoms with Gasteiger partial charge in [-0.1, -0.05) is 0 Å². The van der Waals surface area contributed by atoms with Crippen molar-refractivity contribution in [2.45, 2.75) is 19.4 Å². The highest BCUT2D eigenvalue weighted by Crippen LogP contribution is 2.20. The van der Waals surface area contributed by atoms with Crippen LogP contribution in [0.4, 0.5) is 5.88 Å². The fourth-order valence-corrected chi connectivity index (χ4v) is 1.09. The lowest BCUT2D eigenvalue weighted by atomic mass is 10.1. The quantitative estimate of drug-likeness (QED) is 0.628. The van der Waals surface area contributed by atoms with Crippen molar-refractivity contribution in [3.63, 3.8) is 0 Å². The Balaban J connectivity index is 2.93. The SMILES string of the molecule is CN(C(=O)c1ccc([N+](=O)[O-])o1)C(C)(C)CO. The number of furan rings is 1. The zero-order valence-corrected chi connectivity index (χ0v) is 9.84. The molecule has 7 nitrogen and oxygen atoms in total. The first-order valence-electron chi connectivity index (χ1n) is 4.93. The Labute approximate surface area is 97.8 Å². The number of carbonyl (C=O) groups excluding carboxylic acids is 1. The predicted molar refractivity (Wildman–Crippen MR) is 58.6 cm³/mol. The Kier molecular flexibility index (Phi) is 3.52. The summed E-state index contributed by atoms with van der Waals surface area (Å²) in [7, 11) is 1.49. The number of rotatable bonds is 4. The van der Waals surface area contributed by atoms with Crippen molar-refractivity contribution in [3.05, 3.63) is 28.0 Å². The van der Waals surface area contributed by atoms with Crippen molar-refractivity contribution >= 4 is 11.8 Å². The van der Waals surface area contributed by atoms with E-state index in [1.54, 1.807) is 13.8 Å². The van der Waals surface area contributed by atoms with Crippen LogP contribution in [0.25, 0.3) is 0 Å². The number of likely N-dealkylation sites (N-methyl/N-ethyl adjacent to an activating group) is 1. The first-order chi connectivity index (χ1) is 7.79. The summed E-state index contributed by atoms with van der Waals surface area (Å²) in [5.41, 5.74) is -0.765. The average molecular weight is 242 g/mol. The molecule has 1 N–H and O–H groups in total. The fraction of sp³-hybridized carbons (Fsp3) is 0.500. The van der Waals surface area contributed by atoms with Crippen molar-refractivity contribution in [1.82, 2.24) is 4.90 Å². The molecule has 0 radical (unpaired) electrons. The van der Waals surface area contributed by atoms with E-state index in [0.717, 1.165) is 6.07 Å². The summed E-state index contributed by atoms with van der Waals surface area (Å²) in [6.45, 7) is 3.11. The highest BCUT2D eigenvalue weighted by molar-refractivity contribution is 5.92. The Hall–Kier alpha value is -1.89. The standard InChI is InChI=1S/C10H14N2O5/c1-10(2,6-13)11(3)9(14)7-4-5-8(17-7)12(15)16/h4-5,13H,6H2,1-3H3. The van der Waals surface area contributed by atoms with E-state index in [0.29, 0.717) is 0 Å². The lowest BCUT2D eigenvalue weighted by Crippen LogP contribution is -2.47. The van der Waals surface area contributed by atoms with Crippen molar-refractivity contribution in [2.24, 2.45) is 0 Å². The van der Waals surface area contributed by atoms with E-state index in [-0.39, 0.29) is 12.4 Å². The number of hydrogen-bond acceptors (Lipinski definition) is 5. The molecule has 0 spiro atoms. The van der Waals surface area contributed by atoms with Gasteiger partial charge in [0.2, 0.25) is 0 Å². The van der Waals surface area contributed by atoms with E-state index >= 15 is 0 Å².